The zero-order chi connectivity index (χ0) is 14.0. The molecule has 0 amide bonds. The number of hydrogen-bond acceptors (Lipinski definition) is 3. The normalized spacial score (nSPS) is 24.4. The number of halogens is 2. The molecule has 0 radical (unpaired) electrons. The summed E-state index contributed by atoms with van der Waals surface area (Å²) in [4.78, 5) is 12.4. The predicted octanol–water partition coefficient (Wildman–Crippen LogP) is 4.48. The van der Waals surface area contributed by atoms with Crippen molar-refractivity contribution in [3.8, 4) is 0 Å². The Bertz CT molecular complexity index is 479. The van der Waals surface area contributed by atoms with Gasteiger partial charge in [0.1, 0.15) is 0 Å². The van der Waals surface area contributed by atoms with E-state index in [9.17, 15) is 4.79 Å². The summed E-state index contributed by atoms with van der Waals surface area (Å²) in [6.45, 7) is 4.75. The van der Waals surface area contributed by atoms with Crippen LogP contribution in [0.1, 0.15) is 30.6 Å². The lowest BCUT2D eigenvalue weighted by atomic mass is 10.1. The fourth-order valence-electron chi connectivity index (χ4n) is 2.12. The third-order valence-electron chi connectivity index (χ3n) is 3.25. The molecule has 0 aliphatic carbocycles. The second kappa shape index (κ2) is 6.49. The Hall–Kier alpha value is -0.220. The van der Waals surface area contributed by atoms with Gasteiger partial charge in [-0.15, -0.1) is 11.8 Å². The Morgan fingerprint density at radius 2 is 2.21 bits per heavy atom. The van der Waals surface area contributed by atoms with Crippen molar-refractivity contribution < 1.29 is 9.53 Å². The molecule has 1 aliphatic rings. The monoisotopic (exact) mass is 318 g/mol. The van der Waals surface area contributed by atoms with Gasteiger partial charge in [-0.25, -0.2) is 0 Å². The molecule has 2 nitrogen and oxygen atoms in total. The number of hydrogen-bond donors (Lipinski definition) is 0. The Balaban J connectivity index is 2.06. The van der Waals surface area contributed by atoms with Gasteiger partial charge in [0, 0.05) is 22.4 Å². The first-order chi connectivity index (χ1) is 8.99. The molecule has 0 saturated carbocycles. The van der Waals surface area contributed by atoms with Crippen LogP contribution in [0.4, 0.5) is 0 Å². The van der Waals surface area contributed by atoms with E-state index in [2.05, 4.69) is 6.92 Å². The summed E-state index contributed by atoms with van der Waals surface area (Å²) in [6, 6.07) is 4.99. The third-order valence-corrected chi connectivity index (χ3v) is 5.39. The van der Waals surface area contributed by atoms with E-state index in [1.165, 1.54) is 0 Å². The summed E-state index contributed by atoms with van der Waals surface area (Å²) < 4.78 is 5.52. The Morgan fingerprint density at radius 1 is 1.47 bits per heavy atom. The molecule has 19 heavy (non-hydrogen) atoms. The van der Waals surface area contributed by atoms with Gasteiger partial charge in [0.15, 0.2) is 5.78 Å². The second-order valence-corrected chi connectivity index (χ2v) is 7.10. The summed E-state index contributed by atoms with van der Waals surface area (Å²) >= 11 is 13.6. The van der Waals surface area contributed by atoms with Crippen LogP contribution in [0.25, 0.3) is 0 Å². The van der Waals surface area contributed by atoms with Gasteiger partial charge in [0.2, 0.25) is 0 Å². The maximum Gasteiger partial charge on any atom is 0.177 e. The molecular formula is C14H16Cl2O2S. The van der Waals surface area contributed by atoms with Gasteiger partial charge in [-0.3, -0.25) is 4.79 Å². The highest BCUT2D eigenvalue weighted by atomic mass is 35.5. The van der Waals surface area contributed by atoms with Gasteiger partial charge < -0.3 is 4.74 Å². The van der Waals surface area contributed by atoms with Crippen LogP contribution in [0.15, 0.2) is 18.2 Å². The maximum atomic E-state index is 12.4. The highest BCUT2D eigenvalue weighted by molar-refractivity contribution is 8.01. The van der Waals surface area contributed by atoms with Crippen molar-refractivity contribution >= 4 is 40.7 Å². The van der Waals surface area contributed by atoms with Crippen molar-refractivity contribution in [3.05, 3.63) is 33.8 Å². The van der Waals surface area contributed by atoms with Gasteiger partial charge in [-0.1, -0.05) is 23.2 Å². The predicted molar refractivity (Wildman–Crippen MR) is 81.7 cm³/mol. The molecule has 1 aliphatic heterocycles. The van der Waals surface area contributed by atoms with Crippen LogP contribution in [0, 0.1) is 0 Å². The van der Waals surface area contributed by atoms with Crippen LogP contribution in [-0.2, 0) is 4.74 Å². The first-order valence-corrected chi connectivity index (χ1v) is 7.95. The molecule has 104 valence electrons. The van der Waals surface area contributed by atoms with E-state index in [1.54, 1.807) is 30.0 Å². The Kier molecular flexibility index (Phi) is 5.18. The summed E-state index contributed by atoms with van der Waals surface area (Å²) in [5.41, 5.74) is 0.539. The smallest absolute Gasteiger partial charge is 0.177 e. The van der Waals surface area contributed by atoms with Gasteiger partial charge >= 0.3 is 0 Å². The van der Waals surface area contributed by atoms with Crippen LogP contribution in [0.5, 0.6) is 0 Å². The van der Waals surface area contributed by atoms with Gasteiger partial charge in [-0.05, 0) is 38.5 Å². The topological polar surface area (TPSA) is 26.3 Å². The SMILES string of the molecule is CC(SC1CCOC1C)C(=O)c1ccc(Cl)cc1Cl. The van der Waals surface area contributed by atoms with Crippen LogP contribution in [0.3, 0.4) is 0 Å². The van der Waals surface area contributed by atoms with Crippen molar-refractivity contribution in [2.75, 3.05) is 6.61 Å². The number of benzene rings is 1. The molecule has 2 rings (SSSR count). The molecule has 1 aromatic rings. The average Bonchev–Trinajstić information content (AvgIpc) is 2.74. The van der Waals surface area contributed by atoms with E-state index in [0.29, 0.717) is 20.9 Å². The lowest BCUT2D eigenvalue weighted by molar-refractivity contribution is 0.0993. The number of ether oxygens (including phenoxy) is 1. The van der Waals surface area contributed by atoms with Crippen LogP contribution in [-0.4, -0.2) is 29.0 Å². The van der Waals surface area contributed by atoms with Crippen molar-refractivity contribution in [3.63, 3.8) is 0 Å². The largest absolute Gasteiger partial charge is 0.377 e. The molecule has 3 unspecified atom stereocenters. The molecule has 0 aromatic heterocycles. The van der Waals surface area contributed by atoms with Gasteiger partial charge in [-0.2, -0.15) is 0 Å². The maximum absolute atomic E-state index is 12.4. The zero-order valence-corrected chi connectivity index (χ0v) is 13.2. The van der Waals surface area contributed by atoms with E-state index >= 15 is 0 Å². The fraction of sp³-hybridized carbons (Fsp3) is 0.500. The highest BCUT2D eigenvalue weighted by Gasteiger charge is 2.29. The van der Waals surface area contributed by atoms with E-state index in [-0.39, 0.29) is 17.1 Å². The number of rotatable bonds is 4. The number of carbonyl (C=O) groups is 1. The minimum absolute atomic E-state index is 0.0470. The van der Waals surface area contributed by atoms with Crippen molar-refractivity contribution in [2.24, 2.45) is 0 Å². The average molecular weight is 319 g/mol. The minimum atomic E-state index is -0.132. The Morgan fingerprint density at radius 3 is 2.79 bits per heavy atom. The van der Waals surface area contributed by atoms with E-state index in [0.717, 1.165) is 13.0 Å². The molecular weight excluding hydrogens is 303 g/mol. The molecule has 0 N–H and O–H groups in total. The number of thioether (sulfide) groups is 1. The highest BCUT2D eigenvalue weighted by Crippen LogP contribution is 2.32. The van der Waals surface area contributed by atoms with E-state index in [1.807, 2.05) is 6.92 Å². The standard InChI is InChI=1S/C14H16Cl2O2S/c1-8-13(5-6-18-8)19-9(2)14(17)11-4-3-10(15)7-12(11)16/h3-4,7-9,13H,5-6H2,1-2H3. The summed E-state index contributed by atoms with van der Waals surface area (Å²) in [6.07, 6.45) is 1.21. The summed E-state index contributed by atoms with van der Waals surface area (Å²) in [5.74, 6) is 0.0470. The van der Waals surface area contributed by atoms with Crippen LogP contribution in [0.2, 0.25) is 10.0 Å². The first-order valence-electron chi connectivity index (χ1n) is 6.25. The third kappa shape index (κ3) is 3.66. The summed E-state index contributed by atoms with van der Waals surface area (Å²) in [5, 5.41) is 1.21. The minimum Gasteiger partial charge on any atom is -0.377 e. The molecule has 1 saturated heterocycles. The van der Waals surface area contributed by atoms with Crippen LogP contribution < -0.4 is 0 Å². The lowest BCUT2D eigenvalue weighted by Crippen LogP contribution is -2.22. The molecule has 1 aromatic carbocycles. The quantitative estimate of drug-likeness (QED) is 0.766. The molecule has 5 heteroatoms. The summed E-state index contributed by atoms with van der Waals surface area (Å²) in [7, 11) is 0. The van der Waals surface area contributed by atoms with Crippen molar-refractivity contribution in [1.82, 2.24) is 0 Å². The molecule has 0 spiro atoms. The molecule has 1 fully saturated rings. The number of carbonyl (C=O) groups excluding carboxylic acids is 1. The second-order valence-electron chi connectivity index (χ2n) is 4.67. The van der Waals surface area contributed by atoms with Crippen molar-refractivity contribution in [2.45, 2.75) is 36.9 Å². The molecule has 0 bridgehead atoms. The Labute approximate surface area is 127 Å². The fourth-order valence-corrected chi connectivity index (χ4v) is 3.93. The lowest BCUT2D eigenvalue weighted by Gasteiger charge is -2.18. The first kappa shape index (κ1) is 15.2. The zero-order valence-electron chi connectivity index (χ0n) is 10.9. The van der Waals surface area contributed by atoms with E-state index < -0.39 is 0 Å². The van der Waals surface area contributed by atoms with Crippen LogP contribution >= 0.6 is 35.0 Å². The van der Waals surface area contributed by atoms with Gasteiger partial charge in [0.25, 0.3) is 0 Å². The van der Waals surface area contributed by atoms with Gasteiger partial charge in [0.05, 0.1) is 16.4 Å². The van der Waals surface area contributed by atoms with Crippen molar-refractivity contribution in [1.29, 1.82) is 0 Å². The van der Waals surface area contributed by atoms with E-state index in [4.69, 9.17) is 27.9 Å². The molecule has 1 heterocycles. The molecule has 3 atom stereocenters. The number of Topliss-reactive ketones (excluding diaryl/α,β-unsaturated/α-hetero) is 1. The number of ketones is 1.